The number of nitrogens with one attached hydrogen (secondary N) is 2. The first-order valence-corrected chi connectivity index (χ1v) is 10.8. The van der Waals surface area contributed by atoms with Gasteiger partial charge in [0.1, 0.15) is 0 Å². The predicted octanol–water partition coefficient (Wildman–Crippen LogP) is 1.60. The molecule has 2 amide bonds. The highest BCUT2D eigenvalue weighted by Gasteiger charge is 2.13. The summed E-state index contributed by atoms with van der Waals surface area (Å²) in [5.41, 5.74) is 5.77. The maximum absolute atomic E-state index is 12.3. The minimum absolute atomic E-state index is 0.137. The van der Waals surface area contributed by atoms with Gasteiger partial charge in [0, 0.05) is 66.7 Å². The van der Waals surface area contributed by atoms with E-state index in [0.717, 1.165) is 11.1 Å². The van der Waals surface area contributed by atoms with E-state index in [2.05, 4.69) is 32.6 Å². The number of nitrogen functional groups attached to an aromatic ring is 1. The molecule has 0 saturated carbocycles. The maximum Gasteiger partial charge on any atom is 0.265 e. The van der Waals surface area contributed by atoms with E-state index in [1.165, 1.54) is 17.6 Å². The van der Waals surface area contributed by atoms with Crippen LogP contribution in [0.4, 0.5) is 0 Å². The second-order valence-electron chi connectivity index (χ2n) is 7.68. The summed E-state index contributed by atoms with van der Waals surface area (Å²) in [5, 5.41) is 3.27. The number of hydrogen-bond donors (Lipinski definition) is 3. The lowest BCUT2D eigenvalue weighted by Crippen LogP contribution is -2.30. The fourth-order valence-electron chi connectivity index (χ4n) is 3.47. The Hall–Kier alpha value is -4.81. The molecule has 35 heavy (non-hydrogen) atoms. The number of amides is 2. The molecule has 9 heteroatoms. The molecule has 0 unspecified atom stereocenters. The van der Waals surface area contributed by atoms with Crippen molar-refractivity contribution in [1.82, 2.24) is 25.3 Å². The Morgan fingerprint density at radius 3 is 2.54 bits per heavy atom. The number of carbonyl (C=O) groups excluding carboxylic acids is 2. The van der Waals surface area contributed by atoms with Gasteiger partial charge in [0.05, 0.1) is 16.8 Å². The maximum atomic E-state index is 12.3. The molecule has 0 spiro atoms. The van der Waals surface area contributed by atoms with Gasteiger partial charge < -0.3 is 9.88 Å². The first kappa shape index (κ1) is 23.4. The molecule has 4 aromatic rings. The van der Waals surface area contributed by atoms with Crippen LogP contribution in [0.15, 0.2) is 71.9 Å². The second-order valence-corrected chi connectivity index (χ2v) is 7.68. The van der Waals surface area contributed by atoms with Crippen molar-refractivity contribution in [3.63, 3.8) is 0 Å². The summed E-state index contributed by atoms with van der Waals surface area (Å²) in [7, 11) is 0. The van der Waals surface area contributed by atoms with Crippen LogP contribution in [-0.2, 0) is 11.3 Å². The molecule has 0 bridgehead atoms. The zero-order valence-corrected chi connectivity index (χ0v) is 18.9. The molecule has 9 nitrogen and oxygen atoms in total. The fourth-order valence-corrected chi connectivity index (χ4v) is 3.47. The quantitative estimate of drug-likeness (QED) is 0.177. The number of fused-ring (bicyclic) bond motifs is 1. The van der Waals surface area contributed by atoms with Crippen LogP contribution in [0.2, 0.25) is 0 Å². The van der Waals surface area contributed by atoms with Crippen LogP contribution < -0.4 is 22.1 Å². The Bertz CT molecular complexity index is 1530. The average Bonchev–Trinajstić information content (AvgIpc) is 2.87. The lowest BCUT2D eigenvalue weighted by atomic mass is 10.0. The van der Waals surface area contributed by atoms with E-state index in [9.17, 15) is 14.4 Å². The number of hydrogen-bond acceptors (Lipinski definition) is 6. The summed E-state index contributed by atoms with van der Waals surface area (Å²) in [6, 6.07) is 14.1. The second kappa shape index (κ2) is 10.4. The van der Waals surface area contributed by atoms with E-state index >= 15 is 0 Å². The van der Waals surface area contributed by atoms with Crippen LogP contribution in [-0.4, -0.2) is 32.9 Å². The van der Waals surface area contributed by atoms with Gasteiger partial charge in [-0.15, -0.1) is 0 Å². The Balaban J connectivity index is 1.54. The first-order valence-electron chi connectivity index (χ1n) is 10.8. The van der Waals surface area contributed by atoms with Gasteiger partial charge in [-0.1, -0.05) is 24.0 Å². The number of rotatable bonds is 5. The van der Waals surface area contributed by atoms with Crippen LogP contribution in [0.3, 0.4) is 0 Å². The number of benzene rings is 1. The molecule has 174 valence electrons. The Kier molecular flexibility index (Phi) is 6.95. The highest BCUT2D eigenvalue weighted by atomic mass is 16.2. The summed E-state index contributed by atoms with van der Waals surface area (Å²) >= 11 is 0. The van der Waals surface area contributed by atoms with Crippen LogP contribution in [0.5, 0.6) is 0 Å². The SMILES string of the molecule is CC(=O)NCCn1ccc(C#Cc2ccc(-c3cc(C(=O)NN)c4cnccc4n3)cc2)cc1=O. The summed E-state index contributed by atoms with van der Waals surface area (Å²) < 4.78 is 1.52. The largest absolute Gasteiger partial charge is 0.355 e. The van der Waals surface area contributed by atoms with Crippen molar-refractivity contribution in [2.75, 3.05) is 6.54 Å². The molecule has 0 aliphatic heterocycles. The minimum Gasteiger partial charge on any atom is -0.355 e. The smallest absolute Gasteiger partial charge is 0.265 e. The highest BCUT2D eigenvalue weighted by Crippen LogP contribution is 2.24. The van der Waals surface area contributed by atoms with Gasteiger partial charge in [0.2, 0.25) is 5.91 Å². The van der Waals surface area contributed by atoms with Crippen molar-refractivity contribution in [3.05, 3.63) is 94.2 Å². The van der Waals surface area contributed by atoms with Gasteiger partial charge in [0.15, 0.2) is 0 Å². The third-order valence-electron chi connectivity index (χ3n) is 5.24. The van der Waals surface area contributed by atoms with Crippen molar-refractivity contribution >= 4 is 22.7 Å². The van der Waals surface area contributed by atoms with Crippen molar-refractivity contribution in [3.8, 4) is 23.1 Å². The van der Waals surface area contributed by atoms with Gasteiger partial charge in [-0.2, -0.15) is 0 Å². The summed E-state index contributed by atoms with van der Waals surface area (Å²) in [4.78, 5) is 44.2. The number of hydrazine groups is 1. The van der Waals surface area contributed by atoms with Crippen molar-refractivity contribution < 1.29 is 9.59 Å². The Labute approximate surface area is 201 Å². The zero-order chi connectivity index (χ0) is 24.8. The molecule has 0 atom stereocenters. The van der Waals surface area contributed by atoms with Crippen LogP contribution in [0.1, 0.15) is 28.4 Å². The van der Waals surface area contributed by atoms with E-state index in [4.69, 9.17) is 5.84 Å². The van der Waals surface area contributed by atoms with Crippen molar-refractivity contribution in [2.45, 2.75) is 13.5 Å². The van der Waals surface area contributed by atoms with Gasteiger partial charge in [-0.3, -0.25) is 24.8 Å². The molecule has 0 saturated heterocycles. The number of carbonyl (C=O) groups is 2. The van der Waals surface area contributed by atoms with Gasteiger partial charge in [0.25, 0.3) is 11.5 Å². The molecule has 0 fully saturated rings. The lowest BCUT2D eigenvalue weighted by Gasteiger charge is -2.08. The zero-order valence-electron chi connectivity index (χ0n) is 18.9. The van der Waals surface area contributed by atoms with E-state index in [-0.39, 0.29) is 11.5 Å². The summed E-state index contributed by atoms with van der Waals surface area (Å²) in [6.07, 6.45) is 4.85. The molecule has 4 rings (SSSR count). The van der Waals surface area contributed by atoms with Crippen LogP contribution in [0, 0.1) is 11.8 Å². The molecule has 3 aromatic heterocycles. The molecule has 4 N–H and O–H groups in total. The van der Waals surface area contributed by atoms with Crippen LogP contribution in [0.25, 0.3) is 22.2 Å². The molecular weight excluding hydrogens is 444 g/mol. The molecular formula is C26H22N6O3. The summed E-state index contributed by atoms with van der Waals surface area (Å²) in [6.45, 7) is 2.21. The van der Waals surface area contributed by atoms with Gasteiger partial charge >= 0.3 is 0 Å². The molecule has 0 aliphatic carbocycles. The Morgan fingerprint density at radius 1 is 1.06 bits per heavy atom. The van der Waals surface area contributed by atoms with Crippen LogP contribution >= 0.6 is 0 Å². The van der Waals surface area contributed by atoms with Crippen molar-refractivity contribution in [1.29, 1.82) is 0 Å². The van der Waals surface area contributed by atoms with E-state index in [1.54, 1.807) is 36.8 Å². The van der Waals surface area contributed by atoms with E-state index in [0.29, 0.717) is 40.8 Å². The number of nitrogens with two attached hydrogens (primary N) is 1. The topological polar surface area (TPSA) is 132 Å². The monoisotopic (exact) mass is 466 g/mol. The van der Waals surface area contributed by atoms with Gasteiger partial charge in [-0.25, -0.2) is 10.8 Å². The number of pyridine rings is 3. The third-order valence-corrected chi connectivity index (χ3v) is 5.24. The average molecular weight is 467 g/mol. The van der Waals surface area contributed by atoms with E-state index in [1.807, 2.05) is 24.3 Å². The summed E-state index contributed by atoms with van der Waals surface area (Å²) in [5.74, 6) is 10.8. The lowest BCUT2D eigenvalue weighted by molar-refractivity contribution is -0.118. The highest BCUT2D eigenvalue weighted by molar-refractivity contribution is 6.06. The predicted molar refractivity (Wildman–Crippen MR) is 132 cm³/mol. The fraction of sp³-hybridized carbons (Fsp3) is 0.115. The van der Waals surface area contributed by atoms with Gasteiger partial charge in [-0.05, 0) is 30.3 Å². The molecule has 0 radical (unpaired) electrons. The Morgan fingerprint density at radius 2 is 1.83 bits per heavy atom. The minimum atomic E-state index is -0.425. The first-order chi connectivity index (χ1) is 16.9. The normalized spacial score (nSPS) is 10.3. The molecule has 0 aliphatic rings. The standard InChI is InChI=1S/C26H22N6O3/c1-17(33)29-11-13-32-12-9-19(14-25(32)34)3-2-18-4-6-20(7-5-18)24-15-21(26(35)31-27)22-16-28-10-8-23(22)30-24/h4-10,12,14-16H,11,13,27H2,1H3,(H,29,33)(H,31,35). The molecule has 1 aromatic carbocycles. The molecule has 3 heterocycles. The third kappa shape index (κ3) is 5.58. The number of nitrogens with zero attached hydrogens (tertiary/aromatic N) is 3. The van der Waals surface area contributed by atoms with E-state index < -0.39 is 5.91 Å². The number of aromatic nitrogens is 3. The van der Waals surface area contributed by atoms with Crippen molar-refractivity contribution in [2.24, 2.45) is 5.84 Å².